The molecule has 2 aromatic rings. The molecule has 2 rings (SSSR count). The Morgan fingerprint density at radius 2 is 1.76 bits per heavy atom. The van der Waals surface area contributed by atoms with Crippen molar-refractivity contribution in [2.24, 2.45) is 5.73 Å². The average molecular weight is 356 g/mol. The van der Waals surface area contributed by atoms with Crippen molar-refractivity contribution in [1.29, 1.82) is 0 Å². The number of benzene rings is 2. The molecule has 21 heavy (non-hydrogen) atoms. The van der Waals surface area contributed by atoms with Crippen molar-refractivity contribution in [3.05, 3.63) is 63.6 Å². The summed E-state index contributed by atoms with van der Waals surface area (Å²) in [6.07, 6.45) is 0.679. The van der Waals surface area contributed by atoms with E-state index in [1.54, 1.807) is 7.11 Å². The predicted octanol–water partition coefficient (Wildman–Crippen LogP) is 3.85. The van der Waals surface area contributed by atoms with Crippen LogP contribution in [0.5, 0.6) is 5.75 Å². The van der Waals surface area contributed by atoms with E-state index in [0.717, 1.165) is 11.3 Å². The summed E-state index contributed by atoms with van der Waals surface area (Å²) in [7, 11) is 1.60. The van der Waals surface area contributed by atoms with Gasteiger partial charge in [0.25, 0.3) is 0 Å². The molecule has 0 bridgehead atoms. The molecule has 1 atom stereocenters. The summed E-state index contributed by atoms with van der Waals surface area (Å²) in [5, 5.41) is 0. The molecule has 0 aromatic heterocycles. The third-order valence-electron chi connectivity index (χ3n) is 3.26. The summed E-state index contributed by atoms with van der Waals surface area (Å²) in [6.45, 7) is 0. The van der Waals surface area contributed by atoms with Gasteiger partial charge in [-0.25, -0.2) is 8.78 Å². The summed E-state index contributed by atoms with van der Waals surface area (Å²) in [5.74, 6) is -0.391. The minimum absolute atomic E-state index is 0.0189. The van der Waals surface area contributed by atoms with Crippen LogP contribution in [0.2, 0.25) is 0 Å². The summed E-state index contributed by atoms with van der Waals surface area (Å²) < 4.78 is 32.9. The molecule has 0 fully saturated rings. The molecule has 0 amide bonds. The highest BCUT2D eigenvalue weighted by atomic mass is 79.9. The number of hydrogen-bond donors (Lipinski definition) is 1. The van der Waals surface area contributed by atoms with Crippen LogP contribution in [-0.4, -0.2) is 13.2 Å². The van der Waals surface area contributed by atoms with Gasteiger partial charge in [-0.15, -0.1) is 0 Å². The molecule has 2 nitrogen and oxygen atoms in total. The Hall–Kier alpha value is -1.46. The lowest BCUT2D eigenvalue weighted by atomic mass is 9.99. The van der Waals surface area contributed by atoms with Crippen molar-refractivity contribution in [2.45, 2.75) is 18.9 Å². The number of halogens is 3. The topological polar surface area (TPSA) is 35.2 Å². The number of rotatable bonds is 5. The maximum absolute atomic E-state index is 13.9. The summed E-state index contributed by atoms with van der Waals surface area (Å²) >= 11 is 3.06. The van der Waals surface area contributed by atoms with Crippen LogP contribution in [0, 0.1) is 11.6 Å². The molecule has 1 unspecified atom stereocenters. The lowest BCUT2D eigenvalue weighted by molar-refractivity contribution is 0.414. The predicted molar refractivity (Wildman–Crippen MR) is 82.4 cm³/mol. The lowest BCUT2D eigenvalue weighted by Gasteiger charge is -2.14. The van der Waals surface area contributed by atoms with E-state index < -0.39 is 11.6 Å². The Bertz CT molecular complexity index is 616. The number of hydrogen-bond acceptors (Lipinski definition) is 2. The molecule has 0 saturated heterocycles. The fourth-order valence-electron chi connectivity index (χ4n) is 2.15. The standard InChI is InChI=1S/C16H16BrF2NO/c1-21-12-4-2-10(3-5-12)8-11(20)9-13-15(18)7-6-14(17)16(13)19/h2-7,11H,8-9,20H2,1H3. The second-order valence-corrected chi connectivity index (χ2v) is 5.69. The van der Waals surface area contributed by atoms with E-state index in [9.17, 15) is 8.78 Å². The van der Waals surface area contributed by atoms with E-state index in [-0.39, 0.29) is 22.5 Å². The number of nitrogens with two attached hydrogens (primary N) is 1. The van der Waals surface area contributed by atoms with Gasteiger partial charge in [0.05, 0.1) is 11.6 Å². The van der Waals surface area contributed by atoms with Crippen molar-refractivity contribution in [3.8, 4) is 5.75 Å². The van der Waals surface area contributed by atoms with E-state index in [1.807, 2.05) is 24.3 Å². The summed E-state index contributed by atoms with van der Waals surface area (Å²) in [4.78, 5) is 0. The maximum atomic E-state index is 13.9. The van der Waals surface area contributed by atoms with E-state index in [1.165, 1.54) is 12.1 Å². The minimum Gasteiger partial charge on any atom is -0.497 e. The quantitative estimate of drug-likeness (QED) is 0.826. The molecular weight excluding hydrogens is 340 g/mol. The number of methoxy groups -OCH3 is 1. The van der Waals surface area contributed by atoms with Gasteiger partial charge in [0.15, 0.2) is 0 Å². The van der Waals surface area contributed by atoms with Crippen LogP contribution in [0.4, 0.5) is 8.78 Å². The Morgan fingerprint density at radius 1 is 1.10 bits per heavy atom. The zero-order chi connectivity index (χ0) is 15.4. The molecule has 0 spiro atoms. The fraction of sp³-hybridized carbons (Fsp3) is 0.250. The zero-order valence-corrected chi connectivity index (χ0v) is 13.2. The average Bonchev–Trinajstić information content (AvgIpc) is 2.48. The van der Waals surface area contributed by atoms with Gasteiger partial charge in [0.2, 0.25) is 0 Å². The van der Waals surface area contributed by atoms with Gasteiger partial charge in [-0.05, 0) is 58.6 Å². The molecule has 0 heterocycles. The van der Waals surface area contributed by atoms with Crippen LogP contribution in [0.3, 0.4) is 0 Å². The highest BCUT2D eigenvalue weighted by molar-refractivity contribution is 9.10. The van der Waals surface area contributed by atoms with Crippen molar-refractivity contribution < 1.29 is 13.5 Å². The lowest BCUT2D eigenvalue weighted by Crippen LogP contribution is -2.26. The highest BCUT2D eigenvalue weighted by Gasteiger charge is 2.16. The third kappa shape index (κ3) is 4.02. The van der Waals surface area contributed by atoms with Crippen LogP contribution in [0.1, 0.15) is 11.1 Å². The van der Waals surface area contributed by atoms with Gasteiger partial charge >= 0.3 is 0 Å². The van der Waals surface area contributed by atoms with Crippen molar-refractivity contribution in [3.63, 3.8) is 0 Å². The first-order chi connectivity index (χ1) is 10.0. The van der Waals surface area contributed by atoms with Crippen molar-refractivity contribution >= 4 is 15.9 Å². The molecule has 2 aromatic carbocycles. The Kier molecular flexibility index (Phi) is 5.31. The summed E-state index contributed by atoms with van der Waals surface area (Å²) in [5.41, 5.74) is 7.03. The smallest absolute Gasteiger partial charge is 0.143 e. The van der Waals surface area contributed by atoms with Crippen LogP contribution in [0.15, 0.2) is 40.9 Å². The van der Waals surface area contributed by atoms with Gasteiger partial charge in [-0.2, -0.15) is 0 Å². The van der Waals surface area contributed by atoms with Gasteiger partial charge < -0.3 is 10.5 Å². The third-order valence-corrected chi connectivity index (χ3v) is 3.87. The molecule has 0 radical (unpaired) electrons. The first-order valence-corrected chi connectivity index (χ1v) is 7.31. The monoisotopic (exact) mass is 355 g/mol. The van der Waals surface area contributed by atoms with Crippen LogP contribution in [-0.2, 0) is 12.8 Å². The molecular formula is C16H16BrF2NO. The van der Waals surface area contributed by atoms with Crippen LogP contribution >= 0.6 is 15.9 Å². The van der Waals surface area contributed by atoms with E-state index in [2.05, 4.69) is 15.9 Å². The van der Waals surface area contributed by atoms with Crippen molar-refractivity contribution in [2.75, 3.05) is 7.11 Å². The van der Waals surface area contributed by atoms with Gasteiger partial charge in [0.1, 0.15) is 17.4 Å². The van der Waals surface area contributed by atoms with Gasteiger partial charge in [-0.1, -0.05) is 12.1 Å². The Morgan fingerprint density at radius 3 is 2.38 bits per heavy atom. The van der Waals surface area contributed by atoms with Gasteiger partial charge in [-0.3, -0.25) is 0 Å². The molecule has 0 aliphatic heterocycles. The van der Waals surface area contributed by atoms with E-state index in [0.29, 0.717) is 6.42 Å². The molecule has 5 heteroatoms. The second-order valence-electron chi connectivity index (χ2n) is 4.84. The van der Waals surface area contributed by atoms with Gasteiger partial charge in [0, 0.05) is 11.6 Å². The highest BCUT2D eigenvalue weighted by Crippen LogP contribution is 2.23. The van der Waals surface area contributed by atoms with E-state index >= 15 is 0 Å². The SMILES string of the molecule is COc1ccc(CC(N)Cc2c(F)ccc(Br)c2F)cc1. The normalized spacial score (nSPS) is 12.2. The zero-order valence-electron chi connectivity index (χ0n) is 11.6. The molecule has 0 saturated carbocycles. The summed E-state index contributed by atoms with van der Waals surface area (Å²) in [6, 6.07) is 9.69. The minimum atomic E-state index is -0.583. The van der Waals surface area contributed by atoms with Crippen molar-refractivity contribution in [1.82, 2.24) is 0 Å². The fourth-order valence-corrected chi connectivity index (χ4v) is 2.53. The largest absolute Gasteiger partial charge is 0.497 e. The second kappa shape index (κ2) is 7.00. The first-order valence-electron chi connectivity index (χ1n) is 6.52. The number of ether oxygens (including phenoxy) is 1. The maximum Gasteiger partial charge on any atom is 0.143 e. The Balaban J connectivity index is 2.07. The first kappa shape index (κ1) is 15.9. The van der Waals surface area contributed by atoms with E-state index in [4.69, 9.17) is 10.5 Å². The Labute approximate surface area is 131 Å². The molecule has 0 aliphatic carbocycles. The van der Waals surface area contributed by atoms with Crippen LogP contribution < -0.4 is 10.5 Å². The molecule has 2 N–H and O–H groups in total. The van der Waals surface area contributed by atoms with Crippen LogP contribution in [0.25, 0.3) is 0 Å². The molecule has 0 aliphatic rings. The molecule has 112 valence electrons.